The van der Waals surface area contributed by atoms with Crippen LogP contribution in [0.3, 0.4) is 0 Å². The number of aromatic nitrogens is 1. The van der Waals surface area contributed by atoms with Gasteiger partial charge in [-0.1, -0.05) is 6.08 Å². The van der Waals surface area contributed by atoms with E-state index in [-0.39, 0.29) is 5.82 Å². The fourth-order valence-electron chi connectivity index (χ4n) is 0.905. The van der Waals surface area contributed by atoms with E-state index in [0.29, 0.717) is 17.1 Å². The first-order chi connectivity index (χ1) is 5.65. The van der Waals surface area contributed by atoms with E-state index in [1.165, 1.54) is 6.07 Å². The lowest BCUT2D eigenvalue weighted by Crippen LogP contribution is -1.97. The third-order valence-corrected chi connectivity index (χ3v) is 1.54. The zero-order chi connectivity index (χ0) is 9.14. The van der Waals surface area contributed by atoms with Gasteiger partial charge in [0, 0.05) is 6.07 Å². The van der Waals surface area contributed by atoms with Crippen LogP contribution in [0.1, 0.15) is 18.3 Å². The molecule has 64 valence electrons. The number of halogens is 1. The maximum Gasteiger partial charge on any atom is 0.146 e. The van der Waals surface area contributed by atoms with Gasteiger partial charge in [0.05, 0.1) is 17.1 Å². The van der Waals surface area contributed by atoms with Crippen molar-refractivity contribution in [2.75, 3.05) is 5.73 Å². The topological polar surface area (TPSA) is 38.9 Å². The summed E-state index contributed by atoms with van der Waals surface area (Å²) in [6.45, 7) is 3.47. The Balaban J connectivity index is 3.23. The highest BCUT2D eigenvalue weighted by Gasteiger charge is 2.02. The number of rotatable bonds is 1. The van der Waals surface area contributed by atoms with E-state index in [1.807, 2.05) is 13.0 Å². The third kappa shape index (κ3) is 1.61. The first-order valence-electron chi connectivity index (χ1n) is 3.70. The van der Waals surface area contributed by atoms with Gasteiger partial charge in [0.2, 0.25) is 0 Å². The van der Waals surface area contributed by atoms with Gasteiger partial charge in [-0.3, -0.25) is 0 Å². The van der Waals surface area contributed by atoms with Crippen molar-refractivity contribution in [3.05, 3.63) is 29.3 Å². The molecule has 0 radical (unpaired) electrons. The van der Waals surface area contributed by atoms with Gasteiger partial charge in [0.1, 0.15) is 5.82 Å². The molecule has 0 amide bonds. The number of nitrogens with zero attached hydrogens (tertiary/aromatic N) is 1. The molecule has 2 nitrogen and oxygen atoms in total. The molecule has 0 fully saturated rings. The van der Waals surface area contributed by atoms with E-state index in [4.69, 9.17) is 5.73 Å². The molecular formula is C9H11FN2. The van der Waals surface area contributed by atoms with Crippen molar-refractivity contribution in [3.63, 3.8) is 0 Å². The molecule has 0 aliphatic rings. The molecule has 3 heteroatoms. The average molecular weight is 166 g/mol. The normalized spacial score (nSPS) is 10.9. The second-order valence-corrected chi connectivity index (χ2v) is 2.53. The second kappa shape index (κ2) is 3.34. The van der Waals surface area contributed by atoms with Gasteiger partial charge in [-0.15, -0.1) is 0 Å². The van der Waals surface area contributed by atoms with Crippen LogP contribution in [0.15, 0.2) is 12.1 Å². The Labute approximate surface area is 70.9 Å². The van der Waals surface area contributed by atoms with Crippen LogP contribution in [0.5, 0.6) is 0 Å². The van der Waals surface area contributed by atoms with Crippen molar-refractivity contribution in [3.8, 4) is 0 Å². The van der Waals surface area contributed by atoms with Crippen molar-refractivity contribution in [1.29, 1.82) is 0 Å². The molecule has 1 rings (SSSR count). The summed E-state index contributed by atoms with van der Waals surface area (Å²) in [4.78, 5) is 3.98. The van der Waals surface area contributed by atoms with Crippen molar-refractivity contribution < 1.29 is 4.39 Å². The van der Waals surface area contributed by atoms with Gasteiger partial charge in [-0.25, -0.2) is 9.37 Å². The molecule has 12 heavy (non-hydrogen) atoms. The Bertz CT molecular complexity index is 319. The molecule has 1 aromatic heterocycles. The van der Waals surface area contributed by atoms with Gasteiger partial charge in [0.15, 0.2) is 0 Å². The largest absolute Gasteiger partial charge is 0.397 e. The molecule has 1 aromatic rings. The van der Waals surface area contributed by atoms with E-state index >= 15 is 0 Å². The molecule has 2 N–H and O–H groups in total. The molecule has 0 spiro atoms. The Morgan fingerprint density at radius 2 is 2.25 bits per heavy atom. The Morgan fingerprint density at radius 1 is 1.58 bits per heavy atom. The minimum absolute atomic E-state index is 0.360. The van der Waals surface area contributed by atoms with Crippen LogP contribution in [0.2, 0.25) is 0 Å². The van der Waals surface area contributed by atoms with Crippen molar-refractivity contribution in [2.45, 2.75) is 13.8 Å². The molecule has 0 aliphatic heterocycles. The van der Waals surface area contributed by atoms with Crippen LogP contribution < -0.4 is 5.73 Å². The van der Waals surface area contributed by atoms with E-state index in [2.05, 4.69) is 4.98 Å². The number of nitrogen functional groups attached to an aromatic ring is 1. The SMILES string of the molecule is C/C=C/c1nc(C)c(F)cc1N. The molecule has 1 heterocycles. The van der Waals surface area contributed by atoms with Crippen LogP contribution in [0, 0.1) is 12.7 Å². The van der Waals surface area contributed by atoms with Crippen LogP contribution in [-0.2, 0) is 0 Å². The van der Waals surface area contributed by atoms with E-state index in [1.54, 1.807) is 13.0 Å². The van der Waals surface area contributed by atoms with Crippen LogP contribution in [-0.4, -0.2) is 4.98 Å². The lowest BCUT2D eigenvalue weighted by Gasteiger charge is -2.01. The van der Waals surface area contributed by atoms with Gasteiger partial charge in [-0.05, 0) is 19.9 Å². The molecule has 0 unspecified atom stereocenters. The summed E-state index contributed by atoms with van der Waals surface area (Å²) < 4.78 is 12.8. The van der Waals surface area contributed by atoms with Crippen molar-refractivity contribution in [1.82, 2.24) is 4.98 Å². The smallest absolute Gasteiger partial charge is 0.146 e. The van der Waals surface area contributed by atoms with Crippen LogP contribution in [0.4, 0.5) is 10.1 Å². The Kier molecular flexibility index (Phi) is 2.43. The summed E-state index contributed by atoms with van der Waals surface area (Å²) >= 11 is 0. The Hall–Kier alpha value is -1.38. The van der Waals surface area contributed by atoms with Crippen molar-refractivity contribution >= 4 is 11.8 Å². The number of hydrogen-bond acceptors (Lipinski definition) is 2. The Morgan fingerprint density at radius 3 is 2.83 bits per heavy atom. The lowest BCUT2D eigenvalue weighted by molar-refractivity contribution is 0.610. The van der Waals surface area contributed by atoms with E-state index in [9.17, 15) is 4.39 Å². The predicted molar refractivity (Wildman–Crippen MR) is 48.1 cm³/mol. The summed E-state index contributed by atoms with van der Waals surface area (Å²) in [6, 6.07) is 1.29. The molecule has 0 atom stereocenters. The highest BCUT2D eigenvalue weighted by atomic mass is 19.1. The van der Waals surface area contributed by atoms with Crippen molar-refractivity contribution in [2.24, 2.45) is 0 Å². The van der Waals surface area contributed by atoms with Gasteiger partial charge < -0.3 is 5.73 Å². The average Bonchev–Trinajstić information content (AvgIpc) is 2.01. The molecule has 0 bridgehead atoms. The lowest BCUT2D eigenvalue weighted by atomic mass is 10.2. The number of hydrogen-bond donors (Lipinski definition) is 1. The standard InChI is InChI=1S/C9H11FN2/c1-3-4-9-8(11)5-7(10)6(2)12-9/h3-5H,11H2,1-2H3/b4-3+. The zero-order valence-electron chi connectivity index (χ0n) is 7.13. The minimum Gasteiger partial charge on any atom is -0.397 e. The quantitative estimate of drug-likeness (QED) is 0.694. The summed E-state index contributed by atoms with van der Waals surface area (Å²) in [5.74, 6) is -0.360. The van der Waals surface area contributed by atoms with Gasteiger partial charge in [-0.2, -0.15) is 0 Å². The summed E-state index contributed by atoms with van der Waals surface area (Å²) in [5, 5.41) is 0. The molecular weight excluding hydrogens is 155 g/mol. The first-order valence-corrected chi connectivity index (χ1v) is 3.70. The zero-order valence-corrected chi connectivity index (χ0v) is 7.13. The summed E-state index contributed by atoms with van der Waals surface area (Å²) in [6.07, 6.45) is 3.57. The maximum absolute atomic E-state index is 12.8. The fourth-order valence-corrected chi connectivity index (χ4v) is 0.905. The number of allylic oxidation sites excluding steroid dienone is 1. The molecule has 0 saturated heterocycles. The second-order valence-electron chi connectivity index (χ2n) is 2.53. The minimum atomic E-state index is -0.360. The molecule has 0 aromatic carbocycles. The molecule has 0 aliphatic carbocycles. The van der Waals surface area contributed by atoms with Crippen LogP contribution >= 0.6 is 0 Å². The van der Waals surface area contributed by atoms with E-state index in [0.717, 1.165) is 0 Å². The summed E-state index contributed by atoms with van der Waals surface area (Å²) in [7, 11) is 0. The van der Waals surface area contributed by atoms with Gasteiger partial charge >= 0.3 is 0 Å². The first kappa shape index (κ1) is 8.71. The molecule has 0 saturated carbocycles. The highest BCUT2D eigenvalue weighted by molar-refractivity contribution is 5.60. The number of aryl methyl sites for hydroxylation is 1. The van der Waals surface area contributed by atoms with E-state index < -0.39 is 0 Å². The predicted octanol–water partition coefficient (Wildman–Crippen LogP) is 2.14. The highest BCUT2D eigenvalue weighted by Crippen LogP contribution is 2.14. The fraction of sp³-hybridized carbons (Fsp3) is 0.222. The van der Waals surface area contributed by atoms with Gasteiger partial charge in [0.25, 0.3) is 0 Å². The number of anilines is 1. The maximum atomic E-state index is 12.8. The van der Waals surface area contributed by atoms with Crippen LogP contribution in [0.25, 0.3) is 6.08 Å². The summed E-state index contributed by atoms with van der Waals surface area (Å²) in [5.41, 5.74) is 6.89. The number of nitrogens with two attached hydrogens (primary N) is 1. The number of pyridine rings is 1. The third-order valence-electron chi connectivity index (χ3n) is 1.54. The monoisotopic (exact) mass is 166 g/mol.